The fourth-order valence-corrected chi connectivity index (χ4v) is 3.21. The van der Waals surface area contributed by atoms with Gasteiger partial charge in [0.2, 0.25) is 10.0 Å². The summed E-state index contributed by atoms with van der Waals surface area (Å²) in [6.07, 6.45) is 5.84. The first kappa shape index (κ1) is 17.8. The van der Waals surface area contributed by atoms with Gasteiger partial charge in [0.15, 0.2) is 0 Å². The van der Waals surface area contributed by atoms with E-state index in [2.05, 4.69) is 19.3 Å². The summed E-state index contributed by atoms with van der Waals surface area (Å²) in [5.41, 5.74) is 1.27. The summed E-state index contributed by atoms with van der Waals surface area (Å²) < 4.78 is 29.8. The maximum absolute atomic E-state index is 11.4. The highest BCUT2D eigenvalue weighted by Crippen LogP contribution is 2.19. The summed E-state index contributed by atoms with van der Waals surface area (Å²) in [5.74, 6) is -0.405. The lowest BCUT2D eigenvalue weighted by Gasteiger charge is -2.35. The average molecular weight is 341 g/mol. The second kappa shape index (κ2) is 7.85. The maximum atomic E-state index is 11.4. The molecule has 1 N–H and O–H groups in total. The van der Waals surface area contributed by atoms with Crippen LogP contribution in [0.25, 0.3) is 0 Å². The number of hydrogen-bond acceptors (Lipinski definition) is 6. The Morgan fingerprint density at radius 1 is 1.43 bits per heavy atom. The van der Waals surface area contributed by atoms with Crippen LogP contribution in [0, 0.1) is 0 Å². The number of aromatic nitrogens is 1. The first-order valence-electron chi connectivity index (χ1n) is 7.61. The number of likely N-dealkylation sites (tertiary alicyclic amines) is 1. The third-order valence-electron chi connectivity index (χ3n) is 3.94. The predicted octanol–water partition coefficient (Wildman–Crippen LogP) is 0.772. The molecule has 1 atom stereocenters. The van der Waals surface area contributed by atoms with E-state index in [1.165, 1.54) is 19.6 Å². The van der Waals surface area contributed by atoms with E-state index in [1.54, 1.807) is 6.07 Å². The molecule has 8 heteroatoms. The van der Waals surface area contributed by atoms with Gasteiger partial charge in [-0.3, -0.25) is 9.88 Å². The first-order chi connectivity index (χ1) is 10.9. The molecule has 1 aliphatic rings. The van der Waals surface area contributed by atoms with Gasteiger partial charge in [-0.15, -0.1) is 0 Å². The molecule has 1 saturated heterocycles. The molecule has 0 aliphatic carbocycles. The Balaban J connectivity index is 1.99. The Kier molecular flexibility index (Phi) is 6.09. The largest absolute Gasteiger partial charge is 0.465 e. The molecule has 1 aromatic rings. The van der Waals surface area contributed by atoms with E-state index >= 15 is 0 Å². The van der Waals surface area contributed by atoms with Gasteiger partial charge in [0.25, 0.3) is 0 Å². The Bertz CT molecular complexity index is 631. The number of ether oxygens (including phenoxy) is 1. The zero-order valence-electron chi connectivity index (χ0n) is 13.5. The number of nitrogens with zero attached hydrogens (tertiary/aromatic N) is 2. The highest BCUT2D eigenvalue weighted by atomic mass is 32.2. The van der Waals surface area contributed by atoms with Gasteiger partial charge in [0.1, 0.15) is 0 Å². The van der Waals surface area contributed by atoms with Gasteiger partial charge < -0.3 is 4.74 Å². The van der Waals surface area contributed by atoms with Crippen LogP contribution in [0.1, 0.15) is 35.3 Å². The van der Waals surface area contributed by atoms with Gasteiger partial charge in [-0.1, -0.05) is 6.42 Å². The summed E-state index contributed by atoms with van der Waals surface area (Å²) in [7, 11) is -1.84. The predicted molar refractivity (Wildman–Crippen MR) is 86.5 cm³/mol. The van der Waals surface area contributed by atoms with Crippen LogP contribution in [-0.4, -0.2) is 56.8 Å². The Morgan fingerprint density at radius 3 is 2.83 bits per heavy atom. The minimum Gasteiger partial charge on any atom is -0.465 e. The van der Waals surface area contributed by atoms with E-state index < -0.39 is 16.0 Å². The minimum absolute atomic E-state index is 0.167. The summed E-state index contributed by atoms with van der Waals surface area (Å²) in [5, 5.41) is 0. The number of nitrogens with one attached hydrogen (secondary N) is 1. The zero-order valence-corrected chi connectivity index (χ0v) is 14.3. The van der Waals surface area contributed by atoms with Crippen molar-refractivity contribution in [2.24, 2.45) is 0 Å². The SMILES string of the molecule is COC(=O)c1ccc(CN2CCCC[C@@H]2CNS(C)(=O)=O)nc1. The second-order valence-corrected chi connectivity index (χ2v) is 7.60. The standard InChI is InChI=1S/C15H23N3O4S/c1-22-15(19)12-6-7-13(16-9-12)11-18-8-4-3-5-14(18)10-17-23(2,20)21/h6-7,9,14,17H,3-5,8,10-11H2,1-2H3/t14-/m1/s1. The molecule has 0 bridgehead atoms. The summed E-state index contributed by atoms with van der Waals surface area (Å²) in [6, 6.07) is 3.67. The van der Waals surface area contributed by atoms with Crippen LogP contribution in [0.3, 0.4) is 0 Å². The van der Waals surface area contributed by atoms with Gasteiger partial charge in [-0.2, -0.15) is 0 Å². The quantitative estimate of drug-likeness (QED) is 0.769. The lowest BCUT2D eigenvalue weighted by Crippen LogP contribution is -2.46. The number of rotatable bonds is 6. The number of sulfonamides is 1. The molecular formula is C15H23N3O4S. The lowest BCUT2D eigenvalue weighted by atomic mass is 10.0. The van der Waals surface area contributed by atoms with Gasteiger partial charge in [-0.05, 0) is 31.5 Å². The van der Waals surface area contributed by atoms with Crippen molar-refractivity contribution >= 4 is 16.0 Å². The van der Waals surface area contributed by atoms with E-state index in [0.29, 0.717) is 18.7 Å². The number of carbonyl (C=O) groups is 1. The monoisotopic (exact) mass is 341 g/mol. The van der Waals surface area contributed by atoms with E-state index in [-0.39, 0.29) is 6.04 Å². The molecule has 128 valence electrons. The van der Waals surface area contributed by atoms with E-state index in [0.717, 1.165) is 31.5 Å². The molecule has 7 nitrogen and oxygen atoms in total. The van der Waals surface area contributed by atoms with Crippen LogP contribution < -0.4 is 4.72 Å². The molecule has 0 unspecified atom stereocenters. The molecule has 1 aliphatic heterocycles. The van der Waals surface area contributed by atoms with Crippen LogP contribution >= 0.6 is 0 Å². The molecule has 0 amide bonds. The third-order valence-corrected chi connectivity index (χ3v) is 4.63. The van der Waals surface area contributed by atoms with Crippen molar-refractivity contribution in [1.29, 1.82) is 0 Å². The number of carbonyl (C=O) groups excluding carboxylic acids is 1. The average Bonchev–Trinajstić information content (AvgIpc) is 2.53. The highest BCUT2D eigenvalue weighted by molar-refractivity contribution is 7.88. The highest BCUT2D eigenvalue weighted by Gasteiger charge is 2.23. The van der Waals surface area contributed by atoms with Crippen molar-refractivity contribution in [2.45, 2.75) is 31.8 Å². The number of methoxy groups -OCH3 is 1. The maximum Gasteiger partial charge on any atom is 0.339 e. The van der Waals surface area contributed by atoms with Crippen molar-refractivity contribution < 1.29 is 17.9 Å². The fraction of sp³-hybridized carbons (Fsp3) is 0.600. The third kappa shape index (κ3) is 5.56. The number of hydrogen-bond donors (Lipinski definition) is 1. The molecule has 2 rings (SSSR count). The zero-order chi connectivity index (χ0) is 16.9. The van der Waals surface area contributed by atoms with Crippen molar-refractivity contribution in [3.05, 3.63) is 29.6 Å². The van der Waals surface area contributed by atoms with Gasteiger partial charge >= 0.3 is 5.97 Å². The van der Waals surface area contributed by atoms with Crippen molar-refractivity contribution in [2.75, 3.05) is 26.5 Å². The van der Waals surface area contributed by atoms with E-state index in [1.807, 2.05) is 6.07 Å². The molecule has 1 aromatic heterocycles. The normalized spacial score (nSPS) is 19.5. The van der Waals surface area contributed by atoms with Crippen LogP contribution in [0.15, 0.2) is 18.3 Å². The molecule has 0 spiro atoms. The Labute approximate surface area is 137 Å². The second-order valence-electron chi connectivity index (χ2n) is 5.77. The Morgan fingerprint density at radius 2 is 2.22 bits per heavy atom. The molecule has 23 heavy (non-hydrogen) atoms. The van der Waals surface area contributed by atoms with Crippen LogP contribution in [0.2, 0.25) is 0 Å². The van der Waals surface area contributed by atoms with Crippen LogP contribution in [0.4, 0.5) is 0 Å². The molecular weight excluding hydrogens is 318 g/mol. The van der Waals surface area contributed by atoms with E-state index in [9.17, 15) is 13.2 Å². The fourth-order valence-electron chi connectivity index (χ4n) is 2.71. The van der Waals surface area contributed by atoms with Gasteiger partial charge in [-0.25, -0.2) is 17.9 Å². The smallest absolute Gasteiger partial charge is 0.339 e. The molecule has 1 fully saturated rings. The first-order valence-corrected chi connectivity index (χ1v) is 9.50. The molecule has 0 saturated carbocycles. The number of pyridine rings is 1. The van der Waals surface area contributed by atoms with Crippen molar-refractivity contribution in [3.63, 3.8) is 0 Å². The summed E-state index contributed by atoms with van der Waals surface area (Å²) in [4.78, 5) is 18.0. The van der Waals surface area contributed by atoms with Crippen molar-refractivity contribution in [3.8, 4) is 0 Å². The summed E-state index contributed by atoms with van der Waals surface area (Å²) >= 11 is 0. The van der Waals surface area contributed by atoms with Crippen LogP contribution in [0.5, 0.6) is 0 Å². The number of piperidine rings is 1. The lowest BCUT2D eigenvalue weighted by molar-refractivity contribution is 0.0600. The number of esters is 1. The minimum atomic E-state index is -3.18. The summed E-state index contributed by atoms with van der Waals surface area (Å²) in [6.45, 7) is 1.97. The Hall–Kier alpha value is -1.51. The molecule has 0 aromatic carbocycles. The van der Waals surface area contributed by atoms with Gasteiger partial charge in [0, 0.05) is 25.3 Å². The topological polar surface area (TPSA) is 88.6 Å². The van der Waals surface area contributed by atoms with E-state index in [4.69, 9.17) is 0 Å². The van der Waals surface area contributed by atoms with Crippen molar-refractivity contribution in [1.82, 2.24) is 14.6 Å². The molecule has 2 heterocycles. The van der Waals surface area contributed by atoms with Gasteiger partial charge in [0.05, 0.1) is 24.6 Å². The van der Waals surface area contributed by atoms with Crippen LogP contribution in [-0.2, 0) is 21.3 Å². The molecule has 0 radical (unpaired) electrons.